The maximum absolute atomic E-state index is 6.00. The van der Waals surface area contributed by atoms with E-state index in [0.29, 0.717) is 6.61 Å². The summed E-state index contributed by atoms with van der Waals surface area (Å²) in [6, 6.07) is 7.81. The van der Waals surface area contributed by atoms with Crippen molar-refractivity contribution >= 4 is 0 Å². The fourth-order valence-electron chi connectivity index (χ4n) is 2.71. The lowest BCUT2D eigenvalue weighted by Gasteiger charge is -2.29. The van der Waals surface area contributed by atoms with Crippen LogP contribution in [0.15, 0.2) is 24.3 Å². The number of benzene rings is 1. The summed E-state index contributed by atoms with van der Waals surface area (Å²) in [4.78, 5) is 10.2. The van der Waals surface area contributed by atoms with Gasteiger partial charge >= 0.3 is 0 Å². The Labute approximate surface area is 131 Å². The largest absolute Gasteiger partial charge is 0.486 e. The first-order valence-corrected chi connectivity index (χ1v) is 7.77. The monoisotopic (exact) mass is 301 g/mol. The second kappa shape index (κ2) is 6.40. The molecule has 1 aliphatic rings. The Hall–Kier alpha value is -2.01. The molecule has 1 N–H and O–H groups in total. The summed E-state index contributed by atoms with van der Waals surface area (Å²) in [7, 11) is 2.09. The van der Waals surface area contributed by atoms with Crippen LogP contribution in [0.3, 0.4) is 0 Å². The second-order valence-corrected chi connectivity index (χ2v) is 5.80. The highest BCUT2D eigenvalue weighted by atomic mass is 16.6. The summed E-state index contributed by atoms with van der Waals surface area (Å²) in [5.41, 5.74) is 2.26. The number of nitrogens with one attached hydrogen (secondary N) is 1. The third-order valence-electron chi connectivity index (χ3n) is 3.87. The van der Waals surface area contributed by atoms with Gasteiger partial charge in [0, 0.05) is 25.2 Å². The molecule has 0 amide bonds. The Kier molecular flexibility index (Phi) is 4.34. The highest BCUT2D eigenvalue weighted by molar-refractivity contribution is 5.40. The molecule has 0 saturated heterocycles. The molecule has 3 rings (SSSR count). The first kappa shape index (κ1) is 14.9. The van der Waals surface area contributed by atoms with Crippen LogP contribution in [-0.2, 0) is 13.0 Å². The molecule has 0 bridgehead atoms. The van der Waals surface area contributed by atoms with Crippen molar-refractivity contribution in [3.63, 3.8) is 0 Å². The van der Waals surface area contributed by atoms with E-state index in [-0.39, 0.29) is 6.10 Å². The maximum Gasteiger partial charge on any atom is 0.161 e. The van der Waals surface area contributed by atoms with E-state index in [2.05, 4.69) is 35.8 Å². The van der Waals surface area contributed by atoms with Gasteiger partial charge in [-0.05, 0) is 26.1 Å². The Morgan fingerprint density at radius 2 is 2.09 bits per heavy atom. The van der Waals surface area contributed by atoms with Gasteiger partial charge in [-0.15, -0.1) is 0 Å². The smallest absolute Gasteiger partial charge is 0.161 e. The number of rotatable bonds is 5. The number of H-pyrrole nitrogens is 1. The zero-order valence-electron chi connectivity index (χ0n) is 13.4. The molecule has 0 spiro atoms. The summed E-state index contributed by atoms with van der Waals surface area (Å²) >= 11 is 0. The van der Waals surface area contributed by atoms with E-state index in [1.165, 1.54) is 0 Å². The second-order valence-electron chi connectivity index (χ2n) is 5.80. The number of ether oxygens (including phenoxy) is 2. The lowest BCUT2D eigenvalue weighted by atomic mass is 10.2. The van der Waals surface area contributed by atoms with Crippen molar-refractivity contribution in [2.45, 2.75) is 32.9 Å². The number of hydrogen-bond acceptors (Lipinski definition) is 4. The van der Waals surface area contributed by atoms with Crippen molar-refractivity contribution in [2.24, 2.45) is 0 Å². The van der Waals surface area contributed by atoms with Crippen LogP contribution in [0.4, 0.5) is 0 Å². The number of hydrogen-bond donors (Lipinski definition) is 1. The average Bonchev–Trinajstić information content (AvgIpc) is 2.87. The molecule has 0 saturated carbocycles. The van der Waals surface area contributed by atoms with Gasteiger partial charge in [0.2, 0.25) is 0 Å². The van der Waals surface area contributed by atoms with E-state index in [9.17, 15) is 0 Å². The van der Waals surface area contributed by atoms with Crippen LogP contribution < -0.4 is 9.47 Å². The molecule has 1 atom stereocenters. The Balaban J connectivity index is 1.58. The fraction of sp³-hybridized carbons (Fsp3) is 0.471. The first-order valence-electron chi connectivity index (χ1n) is 7.77. The third kappa shape index (κ3) is 3.25. The summed E-state index contributed by atoms with van der Waals surface area (Å²) in [5.74, 6) is 2.71. The van der Waals surface area contributed by atoms with Crippen molar-refractivity contribution in [3.8, 4) is 11.5 Å². The van der Waals surface area contributed by atoms with Crippen LogP contribution in [0.5, 0.6) is 11.5 Å². The minimum atomic E-state index is 0.0461. The van der Waals surface area contributed by atoms with Crippen molar-refractivity contribution < 1.29 is 9.47 Å². The van der Waals surface area contributed by atoms with E-state index in [1.54, 1.807) is 0 Å². The standard InChI is InChI=1S/C17H23N3O2/c1-4-17-18-12(2)14(19-17)10-20(3)9-13-11-21-15-7-5-6-8-16(15)22-13/h5-8,13H,4,9-11H2,1-3H3,(H,18,19)/t13-/m1/s1. The van der Waals surface area contributed by atoms with Gasteiger partial charge in [0.15, 0.2) is 11.5 Å². The summed E-state index contributed by atoms with van der Waals surface area (Å²) in [6.45, 7) is 6.38. The molecule has 118 valence electrons. The number of likely N-dealkylation sites (N-methyl/N-ethyl adjacent to an activating group) is 1. The van der Waals surface area contributed by atoms with Gasteiger partial charge < -0.3 is 14.5 Å². The molecule has 22 heavy (non-hydrogen) atoms. The van der Waals surface area contributed by atoms with Crippen LogP contribution in [0.1, 0.15) is 24.1 Å². The Bertz CT molecular complexity index is 639. The van der Waals surface area contributed by atoms with Crippen LogP contribution in [0.2, 0.25) is 0 Å². The SMILES string of the molecule is CCc1nc(CN(C)C[C@@H]2COc3ccccc3O2)c(C)[nH]1. The minimum absolute atomic E-state index is 0.0461. The molecular weight excluding hydrogens is 278 g/mol. The first-order chi connectivity index (χ1) is 10.7. The van der Waals surface area contributed by atoms with E-state index in [0.717, 1.165) is 48.2 Å². The molecule has 2 aromatic rings. The van der Waals surface area contributed by atoms with Gasteiger partial charge in [-0.3, -0.25) is 4.90 Å². The van der Waals surface area contributed by atoms with Crippen molar-refractivity contribution in [2.75, 3.05) is 20.2 Å². The lowest BCUT2D eigenvalue weighted by molar-refractivity contribution is 0.0635. The van der Waals surface area contributed by atoms with E-state index in [1.807, 2.05) is 24.3 Å². The molecule has 0 unspecified atom stereocenters. The fourth-order valence-corrected chi connectivity index (χ4v) is 2.71. The van der Waals surface area contributed by atoms with Crippen molar-refractivity contribution in [1.82, 2.24) is 14.9 Å². The van der Waals surface area contributed by atoms with Gasteiger partial charge in [-0.1, -0.05) is 19.1 Å². The average molecular weight is 301 g/mol. The molecule has 0 radical (unpaired) electrons. The number of aromatic amines is 1. The molecule has 1 aromatic heterocycles. The number of nitrogens with zero attached hydrogens (tertiary/aromatic N) is 2. The van der Waals surface area contributed by atoms with Crippen LogP contribution in [0, 0.1) is 6.92 Å². The van der Waals surface area contributed by atoms with Gasteiger partial charge in [0.1, 0.15) is 18.5 Å². The number of para-hydroxylation sites is 2. The highest BCUT2D eigenvalue weighted by Crippen LogP contribution is 2.31. The topological polar surface area (TPSA) is 50.4 Å². The van der Waals surface area contributed by atoms with E-state index < -0.39 is 0 Å². The summed E-state index contributed by atoms with van der Waals surface area (Å²) < 4.78 is 11.8. The van der Waals surface area contributed by atoms with Crippen molar-refractivity contribution in [1.29, 1.82) is 0 Å². The predicted octanol–water partition coefficient (Wildman–Crippen LogP) is 2.55. The Morgan fingerprint density at radius 3 is 2.82 bits per heavy atom. The van der Waals surface area contributed by atoms with Crippen molar-refractivity contribution in [3.05, 3.63) is 41.5 Å². The van der Waals surface area contributed by atoms with Gasteiger partial charge in [0.25, 0.3) is 0 Å². The highest BCUT2D eigenvalue weighted by Gasteiger charge is 2.22. The summed E-state index contributed by atoms with van der Waals surface area (Å²) in [6.07, 6.45) is 0.978. The van der Waals surface area contributed by atoms with Crippen LogP contribution in [0.25, 0.3) is 0 Å². The normalized spacial score (nSPS) is 17.0. The molecule has 0 aliphatic carbocycles. The van der Waals surface area contributed by atoms with E-state index >= 15 is 0 Å². The molecular formula is C17H23N3O2. The van der Waals surface area contributed by atoms with Crippen LogP contribution >= 0.6 is 0 Å². The zero-order chi connectivity index (χ0) is 15.5. The quantitative estimate of drug-likeness (QED) is 0.922. The van der Waals surface area contributed by atoms with Crippen LogP contribution in [-0.4, -0.2) is 41.2 Å². The molecule has 2 heterocycles. The van der Waals surface area contributed by atoms with Gasteiger partial charge in [-0.25, -0.2) is 4.98 Å². The van der Waals surface area contributed by atoms with E-state index in [4.69, 9.17) is 9.47 Å². The molecule has 5 heteroatoms. The molecule has 1 aromatic carbocycles. The number of imidazole rings is 1. The molecule has 5 nitrogen and oxygen atoms in total. The van der Waals surface area contributed by atoms with Gasteiger partial charge in [0.05, 0.1) is 5.69 Å². The summed E-state index contributed by atoms with van der Waals surface area (Å²) in [5, 5.41) is 0. The number of aromatic nitrogens is 2. The zero-order valence-corrected chi connectivity index (χ0v) is 13.4. The predicted molar refractivity (Wildman–Crippen MR) is 85.4 cm³/mol. The molecule has 0 fully saturated rings. The lowest BCUT2D eigenvalue weighted by Crippen LogP contribution is -2.39. The maximum atomic E-state index is 6.00. The number of fused-ring (bicyclic) bond motifs is 1. The number of aryl methyl sites for hydroxylation is 2. The minimum Gasteiger partial charge on any atom is -0.486 e. The van der Waals surface area contributed by atoms with Gasteiger partial charge in [-0.2, -0.15) is 0 Å². The third-order valence-corrected chi connectivity index (χ3v) is 3.87. The molecule has 1 aliphatic heterocycles. The Morgan fingerprint density at radius 1 is 1.32 bits per heavy atom.